The summed E-state index contributed by atoms with van der Waals surface area (Å²) in [6.45, 7) is 5.08. The second-order valence-electron chi connectivity index (χ2n) is 8.89. The number of anilines is 1. The minimum atomic E-state index is -1.33. The molecule has 2 amide bonds. The molecule has 0 aromatic heterocycles. The predicted molar refractivity (Wildman–Crippen MR) is 175 cm³/mol. The first kappa shape index (κ1) is 38.7. The van der Waals surface area contributed by atoms with E-state index in [0.717, 1.165) is 6.92 Å². The van der Waals surface area contributed by atoms with Crippen LogP contribution in [-0.2, 0) is 59.1 Å². The Kier molecular flexibility index (Phi) is 16.7. The molecule has 43 heavy (non-hydrogen) atoms. The van der Waals surface area contributed by atoms with Gasteiger partial charge in [-0.15, -0.1) is 0 Å². The summed E-state index contributed by atoms with van der Waals surface area (Å²) in [6.07, 6.45) is -2.42. The van der Waals surface area contributed by atoms with Crippen molar-refractivity contribution in [3.63, 3.8) is 0 Å². The fourth-order valence-electron chi connectivity index (χ4n) is 3.42. The summed E-state index contributed by atoms with van der Waals surface area (Å²) in [5.41, 5.74) is 0.746. The molecule has 17 heteroatoms. The number of carbonyl (C=O) groups excluding carboxylic acids is 7. The Labute approximate surface area is 289 Å². The number of hydrogen-bond acceptors (Lipinski definition) is 12. The summed E-state index contributed by atoms with van der Waals surface area (Å²) in [5, 5.41) is 2.70. The molecule has 0 spiro atoms. The van der Waals surface area contributed by atoms with Crippen LogP contribution in [0.2, 0.25) is 0 Å². The zero-order valence-corrected chi connectivity index (χ0v) is 30.6. The molecule has 2 unspecified atom stereocenters. The Morgan fingerprint density at radius 3 is 1.81 bits per heavy atom. The smallest absolute Gasteiger partial charge is 0.303 e. The first-order valence-corrected chi connectivity index (χ1v) is 15.7. The zero-order chi connectivity index (χ0) is 33.0. The van der Waals surface area contributed by atoms with Crippen molar-refractivity contribution in [2.45, 2.75) is 59.9 Å². The number of nitrogens with zero attached hydrogens (tertiary/aromatic N) is 1. The highest BCUT2D eigenvalue weighted by atomic mass is 127. The van der Waals surface area contributed by atoms with Crippen LogP contribution in [-0.4, -0.2) is 85.6 Å². The monoisotopic (exact) mass is 944 g/mol. The molecule has 1 aromatic rings. The standard InChI is InChI=1S/C26H31I3N2O12/c1-12(32)39-8-7-19(43-16(5)36)25(37)30-24-22(28)18(11-41-14(3)34)21(27)20(23(24)29)26(38)31(6)9-17(42-15(4)35)10-40-13(2)33/h17,19H,7-11H2,1-6H3,(H,30,37). The van der Waals surface area contributed by atoms with Crippen molar-refractivity contribution < 1.29 is 57.2 Å². The summed E-state index contributed by atoms with van der Waals surface area (Å²) in [4.78, 5) is 85.7. The average molecular weight is 944 g/mol. The van der Waals surface area contributed by atoms with E-state index in [4.69, 9.17) is 23.7 Å². The third-order valence-electron chi connectivity index (χ3n) is 5.21. The van der Waals surface area contributed by atoms with Crippen molar-refractivity contribution in [1.29, 1.82) is 0 Å². The number of likely N-dealkylation sites (N-methyl/N-ethyl adjacent to an activating group) is 1. The van der Waals surface area contributed by atoms with Gasteiger partial charge in [-0.05, 0) is 67.8 Å². The van der Waals surface area contributed by atoms with Gasteiger partial charge in [0.15, 0.2) is 12.2 Å². The number of carbonyl (C=O) groups is 7. The van der Waals surface area contributed by atoms with Crippen LogP contribution in [0.25, 0.3) is 0 Å². The largest absolute Gasteiger partial charge is 0.466 e. The molecule has 0 saturated carbocycles. The minimum absolute atomic E-state index is 0.128. The van der Waals surface area contributed by atoms with Crippen LogP contribution in [0.15, 0.2) is 0 Å². The van der Waals surface area contributed by atoms with Crippen LogP contribution in [0, 0.1) is 10.7 Å². The van der Waals surface area contributed by atoms with Gasteiger partial charge in [0, 0.05) is 60.8 Å². The Bertz CT molecular complexity index is 1270. The van der Waals surface area contributed by atoms with Gasteiger partial charge in [0.25, 0.3) is 11.8 Å². The third-order valence-corrected chi connectivity index (χ3v) is 8.66. The van der Waals surface area contributed by atoms with Gasteiger partial charge in [0.2, 0.25) is 0 Å². The average Bonchev–Trinajstić information content (AvgIpc) is 2.87. The van der Waals surface area contributed by atoms with Gasteiger partial charge in [0.1, 0.15) is 13.2 Å². The third kappa shape index (κ3) is 13.1. The highest BCUT2D eigenvalue weighted by Gasteiger charge is 2.31. The first-order valence-electron chi connectivity index (χ1n) is 12.5. The molecule has 1 rings (SSSR count). The second kappa shape index (κ2) is 18.5. The Hall–Kier alpha value is -2.30. The van der Waals surface area contributed by atoms with Crippen molar-refractivity contribution in [3.8, 4) is 0 Å². The van der Waals surface area contributed by atoms with Crippen LogP contribution in [0.5, 0.6) is 0 Å². The van der Waals surface area contributed by atoms with Gasteiger partial charge in [-0.1, -0.05) is 0 Å². The molecule has 0 bridgehead atoms. The normalized spacial score (nSPS) is 11.8. The first-order chi connectivity index (χ1) is 20.0. The van der Waals surface area contributed by atoms with Crippen molar-refractivity contribution >= 4 is 115 Å². The predicted octanol–water partition coefficient (Wildman–Crippen LogP) is 2.95. The molecule has 0 aliphatic rings. The van der Waals surface area contributed by atoms with E-state index in [0.29, 0.717) is 16.3 Å². The Balaban J connectivity index is 3.56. The molecule has 0 radical (unpaired) electrons. The van der Waals surface area contributed by atoms with Crippen molar-refractivity contribution in [3.05, 3.63) is 21.8 Å². The van der Waals surface area contributed by atoms with E-state index < -0.39 is 53.9 Å². The van der Waals surface area contributed by atoms with Gasteiger partial charge in [-0.3, -0.25) is 33.6 Å². The van der Waals surface area contributed by atoms with Crippen LogP contribution >= 0.6 is 67.8 Å². The lowest BCUT2D eigenvalue weighted by Crippen LogP contribution is -2.40. The summed E-state index contributed by atoms with van der Waals surface area (Å²) in [7, 11) is 1.45. The number of rotatable bonds is 14. The van der Waals surface area contributed by atoms with E-state index in [2.05, 4.69) is 5.32 Å². The van der Waals surface area contributed by atoms with Gasteiger partial charge in [-0.25, -0.2) is 0 Å². The maximum atomic E-state index is 13.8. The lowest BCUT2D eigenvalue weighted by Gasteiger charge is -2.26. The SMILES string of the molecule is CC(=O)OCCC(OC(C)=O)C(=O)Nc1c(I)c(COC(C)=O)c(I)c(C(=O)N(C)CC(COC(C)=O)OC(C)=O)c1I. The molecule has 0 fully saturated rings. The van der Waals surface area contributed by atoms with E-state index in [9.17, 15) is 33.6 Å². The number of esters is 5. The Morgan fingerprint density at radius 2 is 1.30 bits per heavy atom. The molecule has 14 nitrogen and oxygen atoms in total. The van der Waals surface area contributed by atoms with Gasteiger partial charge in [-0.2, -0.15) is 0 Å². The summed E-state index contributed by atoms with van der Waals surface area (Å²) < 4.78 is 26.6. The molecule has 1 aromatic carbocycles. The Morgan fingerprint density at radius 1 is 0.744 bits per heavy atom. The van der Waals surface area contributed by atoms with Crippen LogP contribution in [0.1, 0.15) is 57.0 Å². The molecular formula is C26H31I3N2O12. The number of benzene rings is 1. The van der Waals surface area contributed by atoms with Crippen molar-refractivity contribution in [2.75, 3.05) is 32.1 Å². The number of amides is 2. The van der Waals surface area contributed by atoms with Crippen molar-refractivity contribution in [1.82, 2.24) is 4.90 Å². The molecule has 0 heterocycles. The molecule has 238 valence electrons. The molecular weight excluding hydrogens is 913 g/mol. The molecule has 0 aliphatic carbocycles. The maximum Gasteiger partial charge on any atom is 0.303 e. The molecule has 1 N–H and O–H groups in total. The number of nitrogens with one attached hydrogen (secondary N) is 1. The topological polar surface area (TPSA) is 181 Å². The molecule has 2 atom stereocenters. The van der Waals surface area contributed by atoms with Gasteiger partial charge in [0.05, 0.1) is 28.0 Å². The lowest BCUT2D eigenvalue weighted by molar-refractivity contribution is -0.156. The van der Waals surface area contributed by atoms with Crippen LogP contribution < -0.4 is 5.32 Å². The molecule has 0 aliphatic heterocycles. The van der Waals surface area contributed by atoms with E-state index in [1.54, 1.807) is 0 Å². The quantitative estimate of drug-likeness (QED) is 0.164. The molecule has 0 saturated heterocycles. The van der Waals surface area contributed by atoms with Gasteiger partial charge >= 0.3 is 29.8 Å². The van der Waals surface area contributed by atoms with E-state index in [1.807, 2.05) is 67.8 Å². The second-order valence-corrected chi connectivity index (χ2v) is 12.1. The summed E-state index contributed by atoms with van der Waals surface area (Å²) in [6, 6.07) is 0. The summed E-state index contributed by atoms with van der Waals surface area (Å²) in [5.74, 6) is -4.41. The number of hydrogen-bond donors (Lipinski definition) is 1. The maximum absolute atomic E-state index is 13.8. The fraction of sp³-hybridized carbons (Fsp3) is 0.500. The van der Waals surface area contributed by atoms with Gasteiger partial charge < -0.3 is 33.9 Å². The van der Waals surface area contributed by atoms with E-state index >= 15 is 0 Å². The van der Waals surface area contributed by atoms with Crippen LogP contribution in [0.4, 0.5) is 5.69 Å². The fourth-order valence-corrected chi connectivity index (χ4v) is 7.63. The van der Waals surface area contributed by atoms with Crippen molar-refractivity contribution in [2.24, 2.45) is 0 Å². The van der Waals surface area contributed by atoms with Crippen LogP contribution in [0.3, 0.4) is 0 Å². The minimum Gasteiger partial charge on any atom is -0.466 e. The number of halogens is 3. The summed E-state index contributed by atoms with van der Waals surface area (Å²) >= 11 is 5.77. The lowest BCUT2D eigenvalue weighted by atomic mass is 10.1. The zero-order valence-electron chi connectivity index (χ0n) is 24.2. The highest BCUT2D eigenvalue weighted by molar-refractivity contribution is 14.1. The van der Waals surface area contributed by atoms with E-state index in [-0.39, 0.29) is 44.0 Å². The number of ether oxygens (including phenoxy) is 5. The highest BCUT2D eigenvalue weighted by Crippen LogP contribution is 2.37. The van der Waals surface area contributed by atoms with E-state index in [1.165, 1.54) is 39.6 Å².